The van der Waals surface area contributed by atoms with E-state index < -0.39 is 5.97 Å². The minimum atomic E-state index is -0.396. The lowest BCUT2D eigenvalue weighted by atomic mass is 10.1. The van der Waals surface area contributed by atoms with Gasteiger partial charge in [0.25, 0.3) is 5.91 Å². The lowest BCUT2D eigenvalue weighted by Gasteiger charge is -2.16. The van der Waals surface area contributed by atoms with E-state index in [0.717, 1.165) is 11.1 Å². The Bertz CT molecular complexity index is 767. The zero-order valence-corrected chi connectivity index (χ0v) is 15.1. The highest BCUT2D eigenvalue weighted by atomic mass is 16.6. The predicted octanol–water partition coefficient (Wildman–Crippen LogP) is 2.79. The maximum absolute atomic E-state index is 12.1. The molecule has 2 aromatic rings. The molecule has 0 unspecified atom stereocenters. The molecule has 2 rings (SSSR count). The maximum atomic E-state index is 12.1. The molecule has 1 amide bonds. The van der Waals surface area contributed by atoms with Crippen LogP contribution >= 0.6 is 0 Å². The monoisotopic (exact) mass is 354 g/mol. The van der Waals surface area contributed by atoms with Crippen LogP contribution in [0.15, 0.2) is 53.7 Å². The third kappa shape index (κ3) is 5.73. The van der Waals surface area contributed by atoms with Crippen LogP contribution in [0.5, 0.6) is 0 Å². The number of oxime groups is 1. The minimum Gasteiger partial charge on any atom is -0.465 e. The Morgan fingerprint density at radius 2 is 1.73 bits per heavy atom. The van der Waals surface area contributed by atoms with Gasteiger partial charge in [-0.15, -0.1) is 0 Å². The van der Waals surface area contributed by atoms with Crippen LogP contribution in [-0.4, -0.2) is 43.8 Å². The van der Waals surface area contributed by atoms with Crippen molar-refractivity contribution in [1.29, 1.82) is 0 Å². The van der Waals surface area contributed by atoms with Gasteiger partial charge in [-0.1, -0.05) is 47.1 Å². The highest BCUT2D eigenvalue weighted by Gasteiger charge is 2.09. The highest BCUT2D eigenvalue weighted by molar-refractivity contribution is 5.90. The molecule has 0 aromatic heterocycles. The summed E-state index contributed by atoms with van der Waals surface area (Å²) in [5.41, 5.74) is 3.44. The van der Waals surface area contributed by atoms with E-state index in [2.05, 4.69) is 9.89 Å². The second-order valence-corrected chi connectivity index (χ2v) is 5.86. The molecule has 2 aromatic carbocycles. The number of amides is 1. The molecule has 6 nitrogen and oxygen atoms in total. The number of aryl methyl sites for hydroxylation is 1. The summed E-state index contributed by atoms with van der Waals surface area (Å²) in [6.07, 6.45) is 1.48. The van der Waals surface area contributed by atoms with Crippen LogP contribution in [0.25, 0.3) is 0 Å². The summed E-state index contributed by atoms with van der Waals surface area (Å²) in [6, 6.07) is 14.7. The van der Waals surface area contributed by atoms with Gasteiger partial charge in [-0.05, 0) is 30.2 Å². The summed E-state index contributed by atoms with van der Waals surface area (Å²) >= 11 is 0. The van der Waals surface area contributed by atoms with E-state index in [1.165, 1.54) is 18.9 Å². The van der Waals surface area contributed by atoms with Crippen LogP contribution in [0.2, 0.25) is 0 Å². The number of esters is 1. The number of rotatable bonds is 7. The molecule has 0 aliphatic carbocycles. The van der Waals surface area contributed by atoms with E-state index in [1.54, 1.807) is 36.2 Å². The van der Waals surface area contributed by atoms with Gasteiger partial charge in [-0.25, -0.2) is 4.79 Å². The average Bonchev–Trinajstić information content (AvgIpc) is 2.66. The fraction of sp³-hybridized carbons (Fsp3) is 0.250. The molecular formula is C20H22N2O4. The normalized spacial score (nSPS) is 10.6. The summed E-state index contributed by atoms with van der Waals surface area (Å²) in [5, 5.41) is 3.79. The first-order chi connectivity index (χ1) is 12.5. The molecule has 0 spiro atoms. The molecule has 0 radical (unpaired) electrons. The summed E-state index contributed by atoms with van der Waals surface area (Å²) in [7, 11) is 3.05. The Balaban J connectivity index is 1.78. The quantitative estimate of drug-likeness (QED) is 0.436. The van der Waals surface area contributed by atoms with E-state index in [4.69, 9.17) is 4.84 Å². The zero-order valence-electron chi connectivity index (χ0n) is 15.1. The molecule has 0 bridgehead atoms. The predicted molar refractivity (Wildman–Crippen MR) is 99.0 cm³/mol. The Morgan fingerprint density at radius 1 is 1.08 bits per heavy atom. The van der Waals surface area contributed by atoms with Crippen LogP contribution < -0.4 is 0 Å². The topological polar surface area (TPSA) is 68.2 Å². The van der Waals surface area contributed by atoms with Crippen molar-refractivity contribution in [3.8, 4) is 0 Å². The van der Waals surface area contributed by atoms with E-state index in [9.17, 15) is 9.59 Å². The minimum absolute atomic E-state index is 0.140. The number of likely N-dealkylation sites (N-methyl/N-ethyl adjacent to an activating group) is 1. The molecule has 0 saturated carbocycles. The van der Waals surface area contributed by atoms with Gasteiger partial charge in [0.15, 0.2) is 6.61 Å². The van der Waals surface area contributed by atoms with Crippen LogP contribution in [0.3, 0.4) is 0 Å². The molecule has 0 saturated heterocycles. The number of ether oxygens (including phenoxy) is 1. The fourth-order valence-corrected chi connectivity index (χ4v) is 2.18. The number of methoxy groups -OCH3 is 1. The van der Waals surface area contributed by atoms with Gasteiger partial charge in [0.1, 0.15) is 0 Å². The second-order valence-electron chi connectivity index (χ2n) is 5.86. The summed E-state index contributed by atoms with van der Waals surface area (Å²) in [4.78, 5) is 30.1. The van der Waals surface area contributed by atoms with E-state index in [1.807, 2.05) is 31.2 Å². The second kappa shape index (κ2) is 9.36. The van der Waals surface area contributed by atoms with Gasteiger partial charge in [0.2, 0.25) is 0 Å². The first-order valence-corrected chi connectivity index (χ1v) is 8.13. The van der Waals surface area contributed by atoms with Crippen molar-refractivity contribution < 1.29 is 19.2 Å². The van der Waals surface area contributed by atoms with Gasteiger partial charge in [0.05, 0.1) is 18.9 Å². The van der Waals surface area contributed by atoms with Gasteiger partial charge in [-0.3, -0.25) is 4.79 Å². The standard InChI is InChI=1S/C20H22N2O4/c1-15-4-6-17(7-5-15)13-22(2)19(23)14-26-21-12-16-8-10-18(11-9-16)20(24)25-3/h4-12H,13-14H2,1-3H3/b21-12+. The Kier molecular flexibility index (Phi) is 6.91. The van der Waals surface area contributed by atoms with Crippen LogP contribution in [0, 0.1) is 6.92 Å². The van der Waals surface area contributed by atoms with Gasteiger partial charge in [-0.2, -0.15) is 0 Å². The molecule has 0 atom stereocenters. The lowest BCUT2D eigenvalue weighted by Crippen LogP contribution is -2.29. The molecule has 26 heavy (non-hydrogen) atoms. The number of carbonyl (C=O) groups excluding carboxylic acids is 2. The van der Waals surface area contributed by atoms with Crippen LogP contribution in [-0.2, 0) is 20.9 Å². The SMILES string of the molecule is COC(=O)c1ccc(/C=N/OCC(=O)N(C)Cc2ccc(C)cc2)cc1. The van der Waals surface area contributed by atoms with Crippen molar-refractivity contribution in [2.24, 2.45) is 5.16 Å². The highest BCUT2D eigenvalue weighted by Crippen LogP contribution is 2.06. The van der Waals surface area contributed by atoms with Crippen LogP contribution in [0.1, 0.15) is 27.0 Å². The first-order valence-electron chi connectivity index (χ1n) is 8.13. The van der Waals surface area contributed by atoms with Crippen molar-refractivity contribution in [1.82, 2.24) is 4.90 Å². The number of hydrogen-bond acceptors (Lipinski definition) is 5. The molecule has 0 heterocycles. The van der Waals surface area contributed by atoms with Crippen molar-refractivity contribution in [3.05, 3.63) is 70.8 Å². The molecule has 0 aliphatic heterocycles. The third-order valence-corrected chi connectivity index (χ3v) is 3.76. The van der Waals surface area contributed by atoms with Crippen molar-refractivity contribution in [3.63, 3.8) is 0 Å². The van der Waals surface area contributed by atoms with E-state index in [-0.39, 0.29) is 12.5 Å². The van der Waals surface area contributed by atoms with Gasteiger partial charge in [0, 0.05) is 13.6 Å². The molecule has 6 heteroatoms. The van der Waals surface area contributed by atoms with Crippen LogP contribution in [0.4, 0.5) is 0 Å². The summed E-state index contributed by atoms with van der Waals surface area (Å²) in [5.74, 6) is -0.560. The fourth-order valence-electron chi connectivity index (χ4n) is 2.18. The Hall–Kier alpha value is -3.15. The molecule has 136 valence electrons. The number of carbonyl (C=O) groups is 2. The smallest absolute Gasteiger partial charge is 0.337 e. The van der Waals surface area contributed by atoms with Crippen molar-refractivity contribution in [2.75, 3.05) is 20.8 Å². The molecule has 0 fully saturated rings. The third-order valence-electron chi connectivity index (χ3n) is 3.76. The number of nitrogens with zero attached hydrogens (tertiary/aromatic N) is 2. The average molecular weight is 354 g/mol. The van der Waals surface area contributed by atoms with Crippen molar-refractivity contribution in [2.45, 2.75) is 13.5 Å². The Labute approximate surface area is 153 Å². The maximum Gasteiger partial charge on any atom is 0.337 e. The van der Waals surface area contributed by atoms with Crippen molar-refractivity contribution >= 4 is 18.1 Å². The van der Waals surface area contributed by atoms with Gasteiger partial charge >= 0.3 is 5.97 Å². The molecule has 0 aliphatic rings. The molecular weight excluding hydrogens is 332 g/mol. The number of benzene rings is 2. The summed E-state index contributed by atoms with van der Waals surface area (Å²) in [6.45, 7) is 2.40. The van der Waals surface area contributed by atoms with E-state index >= 15 is 0 Å². The zero-order chi connectivity index (χ0) is 18.9. The summed E-state index contributed by atoms with van der Waals surface area (Å²) < 4.78 is 4.63. The number of hydrogen-bond donors (Lipinski definition) is 0. The lowest BCUT2D eigenvalue weighted by molar-refractivity contribution is -0.135. The first kappa shape index (κ1) is 19.2. The van der Waals surface area contributed by atoms with Gasteiger partial charge < -0.3 is 14.5 Å². The van der Waals surface area contributed by atoms with E-state index in [0.29, 0.717) is 12.1 Å². The largest absolute Gasteiger partial charge is 0.465 e. The molecule has 0 N–H and O–H groups in total. The Morgan fingerprint density at radius 3 is 2.35 bits per heavy atom.